The van der Waals surface area contributed by atoms with Gasteiger partial charge in [-0.2, -0.15) is 0 Å². The fraction of sp³-hybridized carbons (Fsp3) is 0.346. The van der Waals surface area contributed by atoms with Crippen LogP contribution in [-0.4, -0.2) is 67.4 Å². The van der Waals surface area contributed by atoms with Crippen LogP contribution < -0.4 is 4.90 Å². The van der Waals surface area contributed by atoms with E-state index in [2.05, 4.69) is 43.6 Å². The smallest absolute Gasteiger partial charge is 0.169 e. The van der Waals surface area contributed by atoms with Gasteiger partial charge in [0.1, 0.15) is 5.82 Å². The van der Waals surface area contributed by atoms with Gasteiger partial charge >= 0.3 is 0 Å². The van der Waals surface area contributed by atoms with E-state index in [9.17, 15) is 4.79 Å². The highest BCUT2D eigenvalue weighted by molar-refractivity contribution is 5.98. The van der Waals surface area contributed by atoms with E-state index in [0.717, 1.165) is 59.9 Å². The molecule has 0 atom stereocenters. The van der Waals surface area contributed by atoms with Crippen molar-refractivity contribution < 1.29 is 4.79 Å². The summed E-state index contributed by atoms with van der Waals surface area (Å²) in [6.07, 6.45) is 9.12. The predicted octanol–water partition coefficient (Wildman–Crippen LogP) is 3.38. The van der Waals surface area contributed by atoms with Crippen LogP contribution in [-0.2, 0) is 13.5 Å². The van der Waals surface area contributed by atoms with Crippen molar-refractivity contribution in [3.8, 4) is 11.4 Å². The summed E-state index contributed by atoms with van der Waals surface area (Å²) in [5.74, 6) is 0.907. The van der Waals surface area contributed by atoms with Crippen molar-refractivity contribution in [2.75, 3.05) is 31.1 Å². The molecule has 0 aliphatic carbocycles. The number of piperazine rings is 1. The number of anilines is 1. The standard InChI is InChI=1S/C26H29N7O/c1-18(2)32-6-8-33(9-7-32)26-12-19(4-5-28-26)25(34)13-22-10-20-11-23(24-16-27-17-31(24)3)30-15-21(20)14-29-22/h4-5,10-12,14-18H,6-9,13H2,1-3H3. The average molecular weight is 456 g/mol. The SMILES string of the molecule is CC(C)N1CCN(c2cc(C(=O)Cc3cc4cc(-c5cncn5C)ncc4cn3)ccn2)CC1. The summed E-state index contributed by atoms with van der Waals surface area (Å²) in [6, 6.07) is 8.25. The first-order valence-electron chi connectivity index (χ1n) is 11.7. The number of fused-ring (bicyclic) bond motifs is 1. The molecule has 1 fully saturated rings. The van der Waals surface area contributed by atoms with Crippen molar-refractivity contribution in [1.82, 2.24) is 29.4 Å². The minimum absolute atomic E-state index is 0.0391. The topological polar surface area (TPSA) is 80.0 Å². The summed E-state index contributed by atoms with van der Waals surface area (Å²) >= 11 is 0. The highest BCUT2D eigenvalue weighted by Crippen LogP contribution is 2.22. The number of pyridine rings is 3. The van der Waals surface area contributed by atoms with Gasteiger partial charge in [0.05, 0.1) is 30.3 Å². The lowest BCUT2D eigenvalue weighted by Gasteiger charge is -2.37. The lowest BCUT2D eigenvalue weighted by molar-refractivity contribution is 0.0992. The van der Waals surface area contributed by atoms with Gasteiger partial charge in [-0.25, -0.2) is 9.97 Å². The van der Waals surface area contributed by atoms with E-state index in [0.29, 0.717) is 11.6 Å². The van der Waals surface area contributed by atoms with Crippen LogP contribution in [0.5, 0.6) is 0 Å². The third-order valence-electron chi connectivity index (χ3n) is 6.52. The Kier molecular flexibility index (Phi) is 6.06. The molecule has 1 aliphatic heterocycles. The number of imidazole rings is 1. The lowest BCUT2D eigenvalue weighted by atomic mass is 10.1. The largest absolute Gasteiger partial charge is 0.354 e. The van der Waals surface area contributed by atoms with Crippen molar-refractivity contribution in [2.45, 2.75) is 26.3 Å². The molecule has 0 aromatic carbocycles. The van der Waals surface area contributed by atoms with E-state index < -0.39 is 0 Å². The van der Waals surface area contributed by atoms with Gasteiger partial charge in [-0.1, -0.05) is 0 Å². The number of Topliss-reactive ketones (excluding diaryl/α,β-unsaturated/α-hetero) is 1. The fourth-order valence-corrected chi connectivity index (χ4v) is 4.42. The van der Waals surface area contributed by atoms with Crippen LogP contribution in [0.2, 0.25) is 0 Å². The van der Waals surface area contributed by atoms with E-state index in [-0.39, 0.29) is 12.2 Å². The molecule has 4 aromatic rings. The third kappa shape index (κ3) is 4.54. The number of rotatable bonds is 6. The zero-order chi connectivity index (χ0) is 23.7. The first kappa shape index (κ1) is 22.2. The van der Waals surface area contributed by atoms with Crippen LogP contribution in [0.1, 0.15) is 29.9 Å². The minimum atomic E-state index is 0.0391. The number of hydrogen-bond acceptors (Lipinski definition) is 7. The molecule has 1 aliphatic rings. The van der Waals surface area contributed by atoms with Crippen LogP contribution in [0, 0.1) is 0 Å². The van der Waals surface area contributed by atoms with Crippen LogP contribution >= 0.6 is 0 Å². The zero-order valence-electron chi connectivity index (χ0n) is 19.8. The Morgan fingerprint density at radius 3 is 2.50 bits per heavy atom. The number of nitrogens with zero attached hydrogens (tertiary/aromatic N) is 7. The number of carbonyl (C=O) groups excluding carboxylic acids is 1. The maximum Gasteiger partial charge on any atom is 0.169 e. The molecule has 5 rings (SSSR count). The van der Waals surface area contributed by atoms with Gasteiger partial charge in [0.25, 0.3) is 0 Å². The maximum absolute atomic E-state index is 13.1. The number of hydrogen-bond donors (Lipinski definition) is 0. The van der Waals surface area contributed by atoms with Crippen molar-refractivity contribution >= 4 is 22.4 Å². The minimum Gasteiger partial charge on any atom is -0.354 e. The van der Waals surface area contributed by atoms with Gasteiger partial charge in [-0.05, 0) is 43.5 Å². The number of ketones is 1. The van der Waals surface area contributed by atoms with E-state index in [1.165, 1.54) is 0 Å². The van der Waals surface area contributed by atoms with Gasteiger partial charge in [0.15, 0.2) is 5.78 Å². The number of aromatic nitrogens is 5. The second kappa shape index (κ2) is 9.30. The molecule has 0 N–H and O–H groups in total. The van der Waals surface area contributed by atoms with Crippen molar-refractivity contribution in [3.63, 3.8) is 0 Å². The van der Waals surface area contributed by atoms with Crippen LogP contribution in [0.25, 0.3) is 22.2 Å². The molecule has 174 valence electrons. The van der Waals surface area contributed by atoms with Crippen LogP contribution in [0.15, 0.2) is 55.4 Å². The monoisotopic (exact) mass is 455 g/mol. The summed E-state index contributed by atoms with van der Waals surface area (Å²) in [7, 11) is 1.94. The quantitative estimate of drug-likeness (QED) is 0.412. The van der Waals surface area contributed by atoms with E-state index in [1.807, 2.05) is 36.0 Å². The van der Waals surface area contributed by atoms with Crippen LogP contribution in [0.3, 0.4) is 0 Å². The lowest BCUT2D eigenvalue weighted by Crippen LogP contribution is -2.49. The summed E-state index contributed by atoms with van der Waals surface area (Å²) in [5.41, 5.74) is 3.19. The summed E-state index contributed by atoms with van der Waals surface area (Å²) in [4.78, 5) is 35.6. The van der Waals surface area contributed by atoms with Gasteiger partial charge in [-0.3, -0.25) is 19.7 Å². The highest BCUT2D eigenvalue weighted by atomic mass is 16.1. The molecule has 0 unspecified atom stereocenters. The molecule has 0 bridgehead atoms. The Morgan fingerprint density at radius 2 is 1.76 bits per heavy atom. The van der Waals surface area contributed by atoms with E-state index in [1.54, 1.807) is 31.0 Å². The third-order valence-corrected chi connectivity index (χ3v) is 6.52. The predicted molar refractivity (Wildman–Crippen MR) is 133 cm³/mol. The zero-order valence-corrected chi connectivity index (χ0v) is 19.8. The Labute approximate surface area is 199 Å². The normalized spacial score (nSPS) is 14.8. The van der Waals surface area contributed by atoms with E-state index >= 15 is 0 Å². The Hall–Kier alpha value is -3.65. The number of aryl methyl sites for hydroxylation is 1. The summed E-state index contributed by atoms with van der Waals surface area (Å²) < 4.78 is 1.93. The maximum atomic E-state index is 13.1. The van der Waals surface area contributed by atoms with Gasteiger partial charge in [-0.15, -0.1) is 0 Å². The summed E-state index contributed by atoms with van der Waals surface area (Å²) in [6.45, 7) is 8.31. The molecule has 0 spiro atoms. The molecule has 1 saturated heterocycles. The number of carbonyl (C=O) groups is 1. The molecule has 0 amide bonds. The second-order valence-corrected chi connectivity index (χ2v) is 9.10. The summed E-state index contributed by atoms with van der Waals surface area (Å²) in [5, 5.41) is 1.94. The molecule has 0 saturated carbocycles. The first-order chi connectivity index (χ1) is 16.5. The van der Waals surface area contributed by atoms with Crippen LogP contribution in [0.4, 0.5) is 5.82 Å². The van der Waals surface area contributed by atoms with Crippen molar-refractivity contribution in [3.05, 3.63) is 66.6 Å². The molecule has 5 heterocycles. The fourth-order valence-electron chi connectivity index (χ4n) is 4.42. The van der Waals surface area contributed by atoms with Gasteiger partial charge < -0.3 is 9.47 Å². The Balaban J connectivity index is 1.32. The van der Waals surface area contributed by atoms with E-state index in [4.69, 9.17) is 0 Å². The molecule has 34 heavy (non-hydrogen) atoms. The molecule has 4 aromatic heterocycles. The molecule has 8 heteroatoms. The highest BCUT2D eigenvalue weighted by Gasteiger charge is 2.20. The molecule has 0 radical (unpaired) electrons. The van der Waals surface area contributed by atoms with Gasteiger partial charge in [0.2, 0.25) is 0 Å². The van der Waals surface area contributed by atoms with Gasteiger partial charge in [0, 0.05) is 74.5 Å². The van der Waals surface area contributed by atoms with Crippen molar-refractivity contribution in [1.29, 1.82) is 0 Å². The Bertz CT molecular complexity index is 1320. The Morgan fingerprint density at radius 1 is 0.971 bits per heavy atom. The molecule has 8 nitrogen and oxygen atoms in total. The average Bonchev–Trinajstić information content (AvgIpc) is 3.29. The molecular weight excluding hydrogens is 426 g/mol. The molecular formula is C26H29N7O. The van der Waals surface area contributed by atoms with Crippen molar-refractivity contribution in [2.24, 2.45) is 7.05 Å². The second-order valence-electron chi connectivity index (χ2n) is 9.10. The first-order valence-corrected chi connectivity index (χ1v) is 11.7.